The fraction of sp³-hybridized carbons (Fsp3) is 0.0588. The third-order valence-corrected chi connectivity index (χ3v) is 6.73. The van der Waals surface area contributed by atoms with E-state index in [0.29, 0.717) is 11.2 Å². The number of nitrogens with zero attached hydrogens (tertiary/aromatic N) is 2. The van der Waals surface area contributed by atoms with Gasteiger partial charge in [-0.05, 0) is 24.3 Å². The standard InChI is InChI=1S/C17H10F3N3O3S2/c18-17(19,20)14-9-12(22-26-14)13-6-7-15(27-13)28(24,25)23-11-5-1-3-10-4-2-8-21-16(10)11/h1-9,23H. The number of hydrogen-bond acceptors (Lipinski definition) is 6. The van der Waals surface area contributed by atoms with Crippen LogP contribution in [0.3, 0.4) is 0 Å². The average Bonchev–Trinajstić information content (AvgIpc) is 3.31. The molecule has 0 saturated heterocycles. The van der Waals surface area contributed by atoms with Crippen molar-refractivity contribution in [2.24, 2.45) is 0 Å². The molecule has 6 nitrogen and oxygen atoms in total. The van der Waals surface area contributed by atoms with E-state index < -0.39 is 22.0 Å². The number of fused-ring (bicyclic) bond motifs is 1. The maximum Gasteiger partial charge on any atom is 0.452 e. The monoisotopic (exact) mass is 425 g/mol. The van der Waals surface area contributed by atoms with E-state index in [1.807, 2.05) is 0 Å². The Morgan fingerprint density at radius 1 is 1.07 bits per heavy atom. The fourth-order valence-corrected chi connectivity index (χ4v) is 4.83. The highest BCUT2D eigenvalue weighted by Crippen LogP contribution is 2.36. The van der Waals surface area contributed by atoms with Crippen molar-refractivity contribution in [3.05, 3.63) is 60.5 Å². The van der Waals surface area contributed by atoms with Crippen LogP contribution in [0.25, 0.3) is 21.5 Å². The van der Waals surface area contributed by atoms with Crippen molar-refractivity contribution in [2.45, 2.75) is 10.4 Å². The van der Waals surface area contributed by atoms with Crippen LogP contribution in [0.15, 0.2) is 63.5 Å². The normalized spacial score (nSPS) is 12.4. The highest BCUT2D eigenvalue weighted by Gasteiger charge is 2.36. The van der Waals surface area contributed by atoms with E-state index in [-0.39, 0.29) is 14.8 Å². The molecule has 0 amide bonds. The van der Waals surface area contributed by atoms with Gasteiger partial charge in [0.15, 0.2) is 0 Å². The summed E-state index contributed by atoms with van der Waals surface area (Å²) in [6.45, 7) is 0. The molecule has 11 heteroatoms. The molecule has 144 valence electrons. The number of pyridine rings is 1. The van der Waals surface area contributed by atoms with Crippen LogP contribution in [0.4, 0.5) is 18.9 Å². The summed E-state index contributed by atoms with van der Waals surface area (Å²) in [6, 6.07) is 12.0. The first-order valence-corrected chi connectivity index (χ1v) is 10.0. The predicted molar refractivity (Wildman–Crippen MR) is 97.4 cm³/mol. The van der Waals surface area contributed by atoms with Crippen LogP contribution < -0.4 is 4.72 Å². The number of aromatic nitrogens is 2. The van der Waals surface area contributed by atoms with Gasteiger partial charge in [-0.2, -0.15) is 13.2 Å². The van der Waals surface area contributed by atoms with Gasteiger partial charge in [0.05, 0.1) is 16.1 Å². The van der Waals surface area contributed by atoms with Crippen molar-refractivity contribution >= 4 is 38.0 Å². The highest BCUT2D eigenvalue weighted by molar-refractivity contribution is 7.94. The van der Waals surface area contributed by atoms with E-state index >= 15 is 0 Å². The molecular formula is C17H10F3N3O3S2. The number of hydrogen-bond donors (Lipinski definition) is 1. The van der Waals surface area contributed by atoms with Crippen LogP contribution in [0, 0.1) is 0 Å². The third kappa shape index (κ3) is 3.45. The second-order valence-electron chi connectivity index (χ2n) is 5.68. The van der Waals surface area contributed by atoms with Gasteiger partial charge in [0, 0.05) is 17.6 Å². The summed E-state index contributed by atoms with van der Waals surface area (Å²) >= 11 is 0.781. The van der Waals surface area contributed by atoms with Crippen molar-refractivity contribution in [1.29, 1.82) is 0 Å². The van der Waals surface area contributed by atoms with E-state index in [9.17, 15) is 21.6 Å². The van der Waals surface area contributed by atoms with Gasteiger partial charge in [0.1, 0.15) is 9.90 Å². The molecule has 0 atom stereocenters. The van der Waals surface area contributed by atoms with Crippen molar-refractivity contribution in [2.75, 3.05) is 4.72 Å². The quantitative estimate of drug-likeness (QED) is 0.509. The lowest BCUT2D eigenvalue weighted by atomic mass is 10.2. The van der Waals surface area contributed by atoms with E-state index in [0.717, 1.165) is 22.8 Å². The molecule has 0 aliphatic carbocycles. The molecule has 0 bridgehead atoms. The van der Waals surface area contributed by atoms with Crippen LogP contribution in [-0.2, 0) is 16.2 Å². The first kappa shape index (κ1) is 18.4. The Morgan fingerprint density at radius 2 is 1.86 bits per heavy atom. The second kappa shape index (κ2) is 6.60. The largest absolute Gasteiger partial charge is 0.452 e. The Balaban J connectivity index is 1.65. The molecule has 3 heterocycles. The molecule has 4 rings (SSSR count). The van der Waals surface area contributed by atoms with E-state index in [1.165, 1.54) is 12.1 Å². The molecule has 4 aromatic rings. The van der Waals surface area contributed by atoms with Crippen molar-refractivity contribution < 1.29 is 26.1 Å². The summed E-state index contributed by atoms with van der Waals surface area (Å²) < 4.78 is 70.0. The summed E-state index contributed by atoms with van der Waals surface area (Å²) in [5.74, 6) is -1.25. The lowest BCUT2D eigenvalue weighted by Crippen LogP contribution is -2.11. The number of halogens is 3. The lowest BCUT2D eigenvalue weighted by molar-refractivity contribution is -0.155. The molecule has 0 saturated carbocycles. The lowest BCUT2D eigenvalue weighted by Gasteiger charge is -2.08. The summed E-state index contributed by atoms with van der Waals surface area (Å²) in [4.78, 5) is 4.42. The van der Waals surface area contributed by atoms with Crippen LogP contribution in [0.1, 0.15) is 5.76 Å². The van der Waals surface area contributed by atoms with Gasteiger partial charge in [-0.25, -0.2) is 8.42 Å². The Bertz CT molecular complexity index is 1260. The molecular weight excluding hydrogens is 415 g/mol. The molecule has 28 heavy (non-hydrogen) atoms. The fourth-order valence-electron chi connectivity index (χ4n) is 2.51. The van der Waals surface area contributed by atoms with Gasteiger partial charge in [-0.15, -0.1) is 11.3 Å². The zero-order valence-corrected chi connectivity index (χ0v) is 15.4. The maximum atomic E-state index is 12.7. The molecule has 0 fully saturated rings. The highest BCUT2D eigenvalue weighted by atomic mass is 32.2. The van der Waals surface area contributed by atoms with Crippen LogP contribution in [0.2, 0.25) is 0 Å². The molecule has 0 radical (unpaired) electrons. The Kier molecular flexibility index (Phi) is 4.35. The molecule has 0 aliphatic heterocycles. The number of anilines is 1. The van der Waals surface area contributed by atoms with Gasteiger partial charge in [-0.1, -0.05) is 23.4 Å². The first-order valence-electron chi connectivity index (χ1n) is 7.75. The summed E-state index contributed by atoms with van der Waals surface area (Å²) in [5.41, 5.74) is 0.691. The van der Waals surface area contributed by atoms with Gasteiger partial charge >= 0.3 is 6.18 Å². The number of benzene rings is 1. The van der Waals surface area contributed by atoms with Gasteiger partial charge in [0.2, 0.25) is 5.76 Å². The maximum absolute atomic E-state index is 12.7. The number of sulfonamides is 1. The number of para-hydroxylation sites is 1. The van der Waals surface area contributed by atoms with Crippen molar-refractivity contribution in [3.63, 3.8) is 0 Å². The molecule has 1 aromatic carbocycles. The van der Waals surface area contributed by atoms with Gasteiger partial charge < -0.3 is 4.52 Å². The molecule has 1 N–H and O–H groups in total. The summed E-state index contributed by atoms with van der Waals surface area (Å²) in [6.07, 6.45) is -3.12. The zero-order valence-electron chi connectivity index (χ0n) is 13.8. The second-order valence-corrected chi connectivity index (χ2v) is 8.67. The summed E-state index contributed by atoms with van der Waals surface area (Å²) in [7, 11) is -3.97. The number of alkyl halides is 3. The molecule has 0 spiro atoms. The van der Waals surface area contributed by atoms with Crippen LogP contribution in [-0.4, -0.2) is 18.6 Å². The van der Waals surface area contributed by atoms with E-state index in [2.05, 4.69) is 19.4 Å². The van der Waals surface area contributed by atoms with E-state index in [4.69, 9.17) is 0 Å². The SMILES string of the molecule is O=S(=O)(Nc1cccc2cccnc12)c1ccc(-c2cc(C(F)(F)F)on2)s1. The zero-order chi connectivity index (χ0) is 19.9. The van der Waals surface area contributed by atoms with Crippen LogP contribution in [0.5, 0.6) is 0 Å². The number of nitrogens with one attached hydrogen (secondary N) is 1. The average molecular weight is 425 g/mol. The van der Waals surface area contributed by atoms with Gasteiger partial charge in [-0.3, -0.25) is 9.71 Å². The van der Waals surface area contributed by atoms with Crippen molar-refractivity contribution in [3.8, 4) is 10.6 Å². The topological polar surface area (TPSA) is 85.1 Å². The minimum Gasteiger partial charge on any atom is -0.351 e. The molecule has 0 aliphatic rings. The number of thiophene rings is 1. The Hall–Kier alpha value is -2.92. The number of rotatable bonds is 4. The smallest absolute Gasteiger partial charge is 0.351 e. The summed E-state index contributed by atoms with van der Waals surface area (Å²) in [5, 5.41) is 4.12. The third-order valence-electron chi connectivity index (χ3n) is 3.77. The minimum absolute atomic E-state index is 0.0769. The Labute approximate surface area is 160 Å². The first-order chi connectivity index (χ1) is 13.2. The van der Waals surface area contributed by atoms with Crippen molar-refractivity contribution in [1.82, 2.24) is 10.1 Å². The Morgan fingerprint density at radius 3 is 2.61 bits per heavy atom. The van der Waals surface area contributed by atoms with Gasteiger partial charge in [0.25, 0.3) is 10.0 Å². The molecule has 3 aromatic heterocycles. The molecule has 0 unspecified atom stereocenters. The predicted octanol–water partition coefficient (Wildman–Crippen LogP) is 4.77. The van der Waals surface area contributed by atoms with E-state index in [1.54, 1.807) is 36.5 Å². The minimum atomic E-state index is -4.67. The van der Waals surface area contributed by atoms with Crippen LogP contribution >= 0.6 is 11.3 Å².